The second kappa shape index (κ2) is 7.74. The number of halogens is 2. The number of aliphatic imine (C=N–C) groups is 1. The molecule has 0 aromatic heterocycles. The van der Waals surface area contributed by atoms with Crippen molar-refractivity contribution in [1.82, 2.24) is 0 Å². The van der Waals surface area contributed by atoms with E-state index < -0.39 is 20.5 Å². The monoisotopic (exact) mass is 441 g/mol. The molecule has 0 saturated carbocycles. The Bertz CT molecular complexity index is 987. The van der Waals surface area contributed by atoms with E-state index in [0.717, 1.165) is 0 Å². The molecule has 0 aliphatic rings. The number of para-hydroxylation sites is 1. The van der Waals surface area contributed by atoms with Gasteiger partial charge in [0.25, 0.3) is 0 Å². The fourth-order valence-electron chi connectivity index (χ4n) is 1.90. The molecule has 0 saturated heterocycles. The number of hydrogen-bond acceptors (Lipinski definition) is 5. The van der Waals surface area contributed by atoms with Gasteiger partial charge in [-0.15, -0.1) is 4.99 Å². The number of sulfone groups is 1. The van der Waals surface area contributed by atoms with Gasteiger partial charge in [-0.2, -0.15) is 5.26 Å². The molecule has 0 unspecified atom stereocenters. The van der Waals surface area contributed by atoms with Crippen molar-refractivity contribution in [1.29, 1.82) is 5.26 Å². The number of phenolic OH excluding ortho intramolecular Hbond substituents is 1. The second-order valence-electron chi connectivity index (χ2n) is 4.68. The summed E-state index contributed by atoms with van der Waals surface area (Å²) in [4.78, 5) is 3.06. The third kappa shape index (κ3) is 4.63. The molecule has 0 amide bonds. The highest BCUT2D eigenvalue weighted by molar-refractivity contribution is 9.10. The summed E-state index contributed by atoms with van der Waals surface area (Å²) in [6.07, 6.45) is 4.61. The molecule has 1 radical (unpaired) electrons. The molecule has 0 heterocycles. The van der Waals surface area contributed by atoms with Crippen molar-refractivity contribution in [2.24, 2.45) is 4.99 Å². The van der Waals surface area contributed by atoms with Gasteiger partial charge in [-0.05, 0) is 40.2 Å². The van der Waals surface area contributed by atoms with Crippen LogP contribution in [-0.2, 0) is 9.84 Å². The minimum atomic E-state index is -4.01. The summed E-state index contributed by atoms with van der Waals surface area (Å²) in [7, 11) is -4.01. The molecule has 3 N–H and O–H groups in total. The predicted octanol–water partition coefficient (Wildman–Crippen LogP) is 3.73. The van der Waals surface area contributed by atoms with Crippen LogP contribution in [0.3, 0.4) is 0 Å². The van der Waals surface area contributed by atoms with Gasteiger partial charge in [-0.3, -0.25) is 0 Å². The van der Waals surface area contributed by atoms with Crippen molar-refractivity contribution in [3.63, 3.8) is 0 Å². The molecule has 2 rings (SSSR count). The molecule has 0 fully saturated rings. The normalized spacial score (nSPS) is 11.7. The molecule has 2 aromatic rings. The molecule has 2 aromatic carbocycles. The molecule has 0 spiro atoms. The highest BCUT2D eigenvalue weighted by Gasteiger charge is 2.21. The first-order valence-corrected chi connectivity index (χ1v) is 9.41. The van der Waals surface area contributed by atoms with Gasteiger partial charge < -0.3 is 15.7 Å². The van der Waals surface area contributed by atoms with E-state index in [1.165, 1.54) is 12.1 Å². The van der Waals surface area contributed by atoms with Gasteiger partial charge in [0.1, 0.15) is 4.90 Å². The smallest absolute Gasteiger partial charge is 0.216 e. The molecule has 129 valence electrons. The number of nitrogens with one attached hydrogen (secondary N) is 2. The van der Waals surface area contributed by atoms with E-state index in [9.17, 15) is 13.5 Å². The number of nitriles is 1. The van der Waals surface area contributed by atoms with Gasteiger partial charge in [-0.1, -0.05) is 23.7 Å². The van der Waals surface area contributed by atoms with Crippen LogP contribution in [0.5, 0.6) is 5.75 Å². The van der Waals surface area contributed by atoms with Gasteiger partial charge in [0.05, 0.1) is 22.7 Å². The first-order chi connectivity index (χ1) is 11.7. The van der Waals surface area contributed by atoms with Crippen LogP contribution in [0, 0.1) is 17.7 Å². The number of anilines is 2. The molecule has 7 nitrogen and oxygen atoms in total. The molecular weight excluding hydrogens is 432 g/mol. The summed E-state index contributed by atoms with van der Waals surface area (Å²) in [5, 5.41) is 24.4. The summed E-state index contributed by atoms with van der Waals surface area (Å²) in [6, 6.07) is 9.71. The van der Waals surface area contributed by atoms with Crippen LogP contribution in [-0.4, -0.2) is 19.5 Å². The van der Waals surface area contributed by atoms with Crippen LogP contribution in [0.25, 0.3) is 0 Å². The van der Waals surface area contributed by atoms with Crippen LogP contribution in [0.2, 0.25) is 5.02 Å². The Morgan fingerprint density at radius 1 is 1.24 bits per heavy atom. The number of rotatable bonds is 3. The Kier molecular flexibility index (Phi) is 5.89. The predicted molar refractivity (Wildman–Crippen MR) is 100 cm³/mol. The number of guanidine groups is 1. The summed E-state index contributed by atoms with van der Waals surface area (Å²) in [5.74, 6) is -0.651. The first-order valence-electron chi connectivity index (χ1n) is 6.59. The van der Waals surface area contributed by atoms with Crippen LogP contribution in [0.15, 0.2) is 50.8 Å². The van der Waals surface area contributed by atoms with Crippen molar-refractivity contribution in [3.05, 3.63) is 52.1 Å². The fourth-order valence-corrected chi connectivity index (χ4v) is 3.56. The largest absolute Gasteiger partial charge is 0.504 e. The molecule has 10 heteroatoms. The number of hydrogen-bond donors (Lipinski definition) is 3. The number of nitrogens with zero attached hydrogens (tertiary/aromatic N) is 2. The zero-order valence-electron chi connectivity index (χ0n) is 12.5. The SMILES string of the molecule is [CH2]S(=O)(=O)c1c(Cl)ccc(N/C(=N/C#N)Nc2ccccc2Br)c1O. The molecule has 0 aliphatic carbocycles. The van der Waals surface area contributed by atoms with E-state index in [1.54, 1.807) is 30.5 Å². The number of benzene rings is 2. The van der Waals surface area contributed by atoms with E-state index in [4.69, 9.17) is 16.9 Å². The van der Waals surface area contributed by atoms with Crippen molar-refractivity contribution < 1.29 is 13.5 Å². The third-order valence-corrected chi connectivity index (χ3v) is 5.09. The molecule has 25 heavy (non-hydrogen) atoms. The van der Waals surface area contributed by atoms with E-state index >= 15 is 0 Å². The molecule has 0 atom stereocenters. The van der Waals surface area contributed by atoms with Crippen LogP contribution in [0.1, 0.15) is 0 Å². The Labute approximate surface area is 158 Å². The lowest BCUT2D eigenvalue weighted by Crippen LogP contribution is -2.22. The summed E-state index contributed by atoms with van der Waals surface area (Å²) >= 11 is 9.16. The lowest BCUT2D eigenvalue weighted by atomic mass is 10.3. The van der Waals surface area contributed by atoms with Crippen molar-refractivity contribution >= 4 is 54.7 Å². The molecular formula is C15H11BrClN4O3S. The second-order valence-corrected chi connectivity index (χ2v) is 7.58. The topological polar surface area (TPSA) is 115 Å². The summed E-state index contributed by atoms with van der Waals surface area (Å²) in [5.41, 5.74) is 0.586. The maximum absolute atomic E-state index is 11.7. The highest BCUT2D eigenvalue weighted by atomic mass is 79.9. The number of phenols is 1. The molecule has 0 aliphatic heterocycles. The Hall–Kier alpha value is -2.28. The average Bonchev–Trinajstić information content (AvgIpc) is 2.51. The van der Waals surface area contributed by atoms with Gasteiger partial charge >= 0.3 is 0 Å². The van der Waals surface area contributed by atoms with Crippen LogP contribution >= 0.6 is 27.5 Å². The van der Waals surface area contributed by atoms with E-state index in [0.29, 0.717) is 10.2 Å². The Balaban J connectivity index is 2.41. The van der Waals surface area contributed by atoms with Gasteiger partial charge in [0.15, 0.2) is 15.6 Å². The van der Waals surface area contributed by atoms with E-state index in [-0.39, 0.29) is 16.7 Å². The Morgan fingerprint density at radius 3 is 2.48 bits per heavy atom. The quantitative estimate of drug-likeness (QED) is 0.289. The van der Waals surface area contributed by atoms with Crippen molar-refractivity contribution in [3.8, 4) is 11.9 Å². The standard InChI is InChI=1S/C15H11BrClN4O3S/c1-25(23,24)14-10(17)6-7-12(13(14)22)21-15(19-8-18)20-11-5-3-2-4-9(11)16/h2-7,22H,1H2,(H2,19,20,21). The fraction of sp³-hybridized carbons (Fsp3) is 0. The van der Waals surface area contributed by atoms with Crippen LogP contribution in [0.4, 0.5) is 11.4 Å². The minimum Gasteiger partial charge on any atom is -0.504 e. The van der Waals surface area contributed by atoms with Crippen molar-refractivity contribution in [2.75, 3.05) is 10.6 Å². The number of aromatic hydroxyl groups is 1. The lowest BCUT2D eigenvalue weighted by molar-refractivity contribution is 0.462. The van der Waals surface area contributed by atoms with Gasteiger partial charge in [-0.25, -0.2) is 8.42 Å². The average molecular weight is 443 g/mol. The van der Waals surface area contributed by atoms with Crippen molar-refractivity contribution in [2.45, 2.75) is 4.90 Å². The minimum absolute atomic E-state index is 0.0137. The highest BCUT2D eigenvalue weighted by Crippen LogP contribution is 2.37. The summed E-state index contributed by atoms with van der Waals surface area (Å²) in [6.45, 7) is 0. The molecule has 0 bridgehead atoms. The van der Waals surface area contributed by atoms with Gasteiger partial charge in [0.2, 0.25) is 12.2 Å². The third-order valence-electron chi connectivity index (χ3n) is 2.94. The lowest BCUT2D eigenvalue weighted by Gasteiger charge is -2.15. The van der Waals surface area contributed by atoms with Crippen LogP contribution < -0.4 is 10.6 Å². The maximum Gasteiger partial charge on any atom is 0.216 e. The first kappa shape index (κ1) is 19.1. The van der Waals surface area contributed by atoms with E-state index in [2.05, 4.69) is 37.8 Å². The maximum atomic E-state index is 11.7. The summed E-state index contributed by atoms with van der Waals surface area (Å²) < 4.78 is 24.1. The van der Waals surface area contributed by atoms with Gasteiger partial charge in [0, 0.05) is 4.47 Å². The Morgan fingerprint density at radius 2 is 1.88 bits per heavy atom. The van der Waals surface area contributed by atoms with E-state index in [1.807, 2.05) is 0 Å². The zero-order valence-corrected chi connectivity index (χ0v) is 15.7. The zero-order chi connectivity index (χ0) is 18.6.